The zero-order valence-electron chi connectivity index (χ0n) is 7.47. The van der Waals surface area contributed by atoms with Crippen LogP contribution in [0.2, 0.25) is 0 Å². The van der Waals surface area contributed by atoms with Crippen LogP contribution in [0.5, 0.6) is 0 Å². The van der Waals surface area contributed by atoms with Gasteiger partial charge in [0.05, 0.1) is 5.69 Å². The molecule has 14 heavy (non-hydrogen) atoms. The van der Waals surface area contributed by atoms with E-state index in [9.17, 15) is 0 Å². The Bertz CT molecular complexity index is 427. The molecule has 0 atom stereocenters. The summed E-state index contributed by atoms with van der Waals surface area (Å²) in [5, 5.41) is 0.793. The fourth-order valence-electron chi connectivity index (χ4n) is 0.916. The predicted octanol–water partition coefficient (Wildman–Crippen LogP) is 1.97. The number of hydrogen-bond acceptors (Lipinski definition) is 6. The summed E-state index contributed by atoms with van der Waals surface area (Å²) in [5.74, 6) is 0. The maximum absolute atomic E-state index is 5.78. The van der Waals surface area contributed by atoms with Crippen LogP contribution < -0.4 is 5.73 Å². The van der Waals surface area contributed by atoms with Gasteiger partial charge in [0.2, 0.25) is 0 Å². The van der Waals surface area contributed by atoms with Gasteiger partial charge >= 0.3 is 0 Å². The zero-order chi connectivity index (χ0) is 9.97. The first-order chi connectivity index (χ1) is 6.75. The number of pyridine rings is 1. The number of rotatable bonds is 2. The van der Waals surface area contributed by atoms with Crippen LogP contribution in [0, 0.1) is 6.92 Å². The van der Waals surface area contributed by atoms with Crippen LogP contribution in [0.15, 0.2) is 27.8 Å². The summed E-state index contributed by atoms with van der Waals surface area (Å²) in [4.78, 5) is 8.38. The number of nitrogens with zero attached hydrogens (tertiary/aromatic N) is 3. The van der Waals surface area contributed by atoms with Crippen molar-refractivity contribution in [3.63, 3.8) is 0 Å². The van der Waals surface area contributed by atoms with Gasteiger partial charge in [-0.15, -0.1) is 0 Å². The van der Waals surface area contributed by atoms with E-state index < -0.39 is 0 Å². The predicted molar refractivity (Wildman–Crippen MR) is 57.4 cm³/mol. The van der Waals surface area contributed by atoms with E-state index >= 15 is 0 Å². The molecule has 2 rings (SSSR count). The van der Waals surface area contributed by atoms with Crippen LogP contribution in [0.4, 0.5) is 5.69 Å². The number of aromatic nitrogens is 3. The summed E-state index contributed by atoms with van der Waals surface area (Å²) in [5.41, 5.74) is 7.41. The number of hydrogen-bond donors (Lipinski definition) is 1. The molecule has 2 aromatic heterocycles. The Morgan fingerprint density at radius 1 is 1.43 bits per heavy atom. The third kappa shape index (κ3) is 2.02. The molecule has 0 spiro atoms. The largest absolute Gasteiger partial charge is 0.397 e. The molecule has 0 aliphatic rings. The van der Waals surface area contributed by atoms with Crippen LogP contribution in [0.3, 0.4) is 0 Å². The lowest BCUT2D eigenvalue weighted by Crippen LogP contribution is -1.92. The number of nitrogens with two attached hydrogens (primary N) is 1. The zero-order valence-corrected chi connectivity index (χ0v) is 9.10. The minimum absolute atomic E-state index is 0.677. The van der Waals surface area contributed by atoms with Gasteiger partial charge < -0.3 is 5.73 Å². The van der Waals surface area contributed by atoms with Gasteiger partial charge in [-0.05, 0) is 42.4 Å². The van der Waals surface area contributed by atoms with Crippen molar-refractivity contribution in [2.75, 3.05) is 5.73 Å². The van der Waals surface area contributed by atoms with Gasteiger partial charge in [0.25, 0.3) is 0 Å². The van der Waals surface area contributed by atoms with E-state index in [1.54, 1.807) is 0 Å². The minimum atomic E-state index is 0.677. The molecule has 0 saturated heterocycles. The van der Waals surface area contributed by atoms with E-state index in [0.29, 0.717) is 5.69 Å². The molecule has 2 heterocycles. The van der Waals surface area contributed by atoms with E-state index in [2.05, 4.69) is 14.3 Å². The summed E-state index contributed by atoms with van der Waals surface area (Å²) in [6.07, 6.45) is 1.53. The van der Waals surface area contributed by atoms with Gasteiger partial charge in [0, 0.05) is 5.69 Å². The summed E-state index contributed by atoms with van der Waals surface area (Å²) in [6.45, 7) is 1.93. The Hall–Kier alpha value is -1.14. The second-order valence-corrected chi connectivity index (χ2v) is 4.67. The lowest BCUT2D eigenvalue weighted by molar-refractivity contribution is 1.07. The van der Waals surface area contributed by atoms with Crippen molar-refractivity contribution in [2.45, 2.75) is 16.3 Å². The summed E-state index contributed by atoms with van der Waals surface area (Å²) in [6, 6.07) is 3.74. The van der Waals surface area contributed by atoms with Crippen LogP contribution in [-0.4, -0.2) is 14.3 Å². The van der Waals surface area contributed by atoms with Gasteiger partial charge in [-0.25, -0.2) is 9.97 Å². The first-order valence-electron chi connectivity index (χ1n) is 3.93. The molecule has 0 saturated carbocycles. The van der Waals surface area contributed by atoms with Gasteiger partial charge in [0.15, 0.2) is 4.34 Å². The highest BCUT2D eigenvalue weighted by molar-refractivity contribution is 8.01. The Morgan fingerprint density at radius 2 is 2.29 bits per heavy atom. The lowest BCUT2D eigenvalue weighted by atomic mass is 10.3. The molecular formula is C8H8N4S2. The van der Waals surface area contributed by atoms with E-state index in [1.807, 2.05) is 19.1 Å². The third-order valence-electron chi connectivity index (χ3n) is 1.55. The van der Waals surface area contributed by atoms with E-state index in [4.69, 9.17) is 5.73 Å². The molecule has 4 nitrogen and oxygen atoms in total. The van der Waals surface area contributed by atoms with Crippen LogP contribution in [0.1, 0.15) is 5.69 Å². The standard InChI is InChI=1S/C8H8N4S2/c1-5-2-3-6(9)7(12-5)13-8-10-4-11-14-8/h2-4H,9H2,1H3. The fraction of sp³-hybridized carbons (Fsp3) is 0.125. The third-order valence-corrected chi connectivity index (χ3v) is 3.29. The van der Waals surface area contributed by atoms with E-state index in [1.165, 1.54) is 29.6 Å². The summed E-state index contributed by atoms with van der Waals surface area (Å²) in [7, 11) is 0. The Labute approximate surface area is 89.8 Å². The number of anilines is 1. The molecule has 0 fully saturated rings. The number of aryl methyl sites for hydroxylation is 1. The average Bonchev–Trinajstić information content (AvgIpc) is 2.64. The highest BCUT2D eigenvalue weighted by atomic mass is 32.2. The van der Waals surface area contributed by atoms with Crippen molar-refractivity contribution in [3.8, 4) is 0 Å². The maximum atomic E-state index is 5.78. The topological polar surface area (TPSA) is 64.7 Å². The summed E-state index contributed by atoms with van der Waals surface area (Å²) >= 11 is 2.78. The summed E-state index contributed by atoms with van der Waals surface area (Å²) < 4.78 is 4.77. The molecule has 0 bridgehead atoms. The second kappa shape index (κ2) is 3.93. The lowest BCUT2D eigenvalue weighted by Gasteiger charge is -2.01. The quantitative estimate of drug-likeness (QED) is 0.845. The Balaban J connectivity index is 2.28. The SMILES string of the molecule is Cc1ccc(N)c(Sc2ncns2)n1. The Morgan fingerprint density at radius 3 is 3.00 bits per heavy atom. The molecule has 2 N–H and O–H groups in total. The second-order valence-electron chi connectivity index (χ2n) is 2.66. The van der Waals surface area contributed by atoms with Gasteiger partial charge in [0.1, 0.15) is 11.4 Å². The molecule has 0 radical (unpaired) electrons. The molecule has 72 valence electrons. The molecule has 0 unspecified atom stereocenters. The molecule has 0 aliphatic heterocycles. The van der Waals surface area contributed by atoms with Crippen LogP contribution in [-0.2, 0) is 0 Å². The van der Waals surface area contributed by atoms with Crippen molar-refractivity contribution in [1.82, 2.24) is 14.3 Å². The highest BCUT2D eigenvalue weighted by Gasteiger charge is 2.05. The minimum Gasteiger partial charge on any atom is -0.397 e. The molecule has 0 aromatic carbocycles. The molecular weight excluding hydrogens is 216 g/mol. The highest BCUT2D eigenvalue weighted by Crippen LogP contribution is 2.30. The van der Waals surface area contributed by atoms with Crippen molar-refractivity contribution in [2.24, 2.45) is 0 Å². The normalized spacial score (nSPS) is 10.4. The molecule has 2 aromatic rings. The maximum Gasteiger partial charge on any atom is 0.176 e. The van der Waals surface area contributed by atoms with E-state index in [0.717, 1.165) is 15.1 Å². The first kappa shape index (κ1) is 9.42. The van der Waals surface area contributed by atoms with Crippen molar-refractivity contribution < 1.29 is 0 Å². The smallest absolute Gasteiger partial charge is 0.176 e. The molecule has 0 amide bonds. The van der Waals surface area contributed by atoms with Gasteiger partial charge in [-0.1, -0.05) is 0 Å². The monoisotopic (exact) mass is 224 g/mol. The number of nitrogen functional groups attached to an aromatic ring is 1. The van der Waals surface area contributed by atoms with Gasteiger partial charge in [-0.3, -0.25) is 0 Å². The first-order valence-corrected chi connectivity index (χ1v) is 5.52. The molecule has 0 aliphatic carbocycles. The van der Waals surface area contributed by atoms with Crippen molar-refractivity contribution in [1.29, 1.82) is 0 Å². The van der Waals surface area contributed by atoms with Crippen LogP contribution >= 0.6 is 23.3 Å². The van der Waals surface area contributed by atoms with Crippen molar-refractivity contribution in [3.05, 3.63) is 24.2 Å². The van der Waals surface area contributed by atoms with Crippen LogP contribution in [0.25, 0.3) is 0 Å². The molecule has 6 heteroatoms. The van der Waals surface area contributed by atoms with Gasteiger partial charge in [-0.2, -0.15) is 4.37 Å². The fourth-order valence-corrected chi connectivity index (χ4v) is 2.35. The Kier molecular flexibility index (Phi) is 2.64. The average molecular weight is 224 g/mol. The van der Waals surface area contributed by atoms with Crippen molar-refractivity contribution >= 4 is 29.0 Å². The van der Waals surface area contributed by atoms with E-state index in [-0.39, 0.29) is 0 Å².